The molecule has 0 aliphatic heterocycles. The number of nitrogens with zero attached hydrogens (tertiary/aromatic N) is 1. The summed E-state index contributed by atoms with van der Waals surface area (Å²) in [4.78, 5) is 4.67. The average molecular weight is 395 g/mol. The summed E-state index contributed by atoms with van der Waals surface area (Å²) in [5.74, 6) is 0. The maximum absolute atomic E-state index is 12.6. The molecule has 0 bridgehead atoms. The van der Waals surface area contributed by atoms with Crippen LogP contribution in [0.1, 0.15) is 0 Å². The molecule has 1 heterocycles. The fourth-order valence-electron chi connectivity index (χ4n) is 2.92. The Bertz CT molecular complexity index is 1220. The van der Waals surface area contributed by atoms with E-state index in [0.29, 0.717) is 22.0 Å². The Kier molecular flexibility index (Phi) is 4.56. The number of hydrogen-bond acceptors (Lipinski definition) is 3. The van der Waals surface area contributed by atoms with Crippen molar-refractivity contribution in [3.63, 3.8) is 0 Å². The number of sulfonamides is 1. The first-order valence-electron chi connectivity index (χ1n) is 8.26. The Hall–Kier alpha value is -2.89. The number of halogens is 1. The number of pyridine rings is 1. The normalized spacial score (nSPS) is 11.4. The first kappa shape index (κ1) is 17.5. The highest BCUT2D eigenvalue weighted by atomic mass is 35.5. The first-order valence-corrected chi connectivity index (χ1v) is 10.1. The molecular formula is C21H15ClN2O2S. The zero-order valence-electron chi connectivity index (χ0n) is 14.1. The number of benzene rings is 3. The number of fused-ring (bicyclic) bond motifs is 1. The molecule has 0 unspecified atom stereocenters. The summed E-state index contributed by atoms with van der Waals surface area (Å²) in [7, 11) is -3.68. The van der Waals surface area contributed by atoms with Crippen molar-refractivity contribution < 1.29 is 8.42 Å². The molecule has 1 N–H and O–H groups in total. The predicted molar refractivity (Wildman–Crippen MR) is 109 cm³/mol. The van der Waals surface area contributed by atoms with Crippen LogP contribution in [-0.4, -0.2) is 13.4 Å². The lowest BCUT2D eigenvalue weighted by molar-refractivity contribution is 0.601. The third-order valence-corrected chi connectivity index (χ3v) is 5.93. The molecule has 0 saturated heterocycles. The largest absolute Gasteiger partial charge is 0.280 e. The molecule has 0 atom stereocenters. The zero-order valence-corrected chi connectivity index (χ0v) is 15.7. The van der Waals surface area contributed by atoms with E-state index in [2.05, 4.69) is 9.71 Å². The quantitative estimate of drug-likeness (QED) is 0.507. The Morgan fingerprint density at radius 3 is 2.41 bits per heavy atom. The summed E-state index contributed by atoms with van der Waals surface area (Å²) in [6.45, 7) is 0. The van der Waals surface area contributed by atoms with Crippen molar-refractivity contribution in [3.8, 4) is 11.3 Å². The molecule has 0 radical (unpaired) electrons. The van der Waals surface area contributed by atoms with Crippen molar-refractivity contribution in [3.05, 3.63) is 90.1 Å². The highest BCUT2D eigenvalue weighted by molar-refractivity contribution is 7.92. The van der Waals surface area contributed by atoms with Gasteiger partial charge >= 0.3 is 0 Å². The van der Waals surface area contributed by atoms with Gasteiger partial charge in [-0.05, 0) is 41.8 Å². The molecule has 4 aromatic rings. The molecule has 0 aliphatic rings. The smallest absolute Gasteiger partial charge is 0.261 e. The highest BCUT2D eigenvalue weighted by Crippen LogP contribution is 2.34. The molecule has 3 aromatic carbocycles. The molecule has 134 valence electrons. The van der Waals surface area contributed by atoms with Gasteiger partial charge in [0.25, 0.3) is 10.0 Å². The molecule has 0 fully saturated rings. The first-order chi connectivity index (χ1) is 13.0. The second kappa shape index (κ2) is 7.02. The Labute approximate surface area is 162 Å². The second-order valence-electron chi connectivity index (χ2n) is 5.99. The van der Waals surface area contributed by atoms with Gasteiger partial charge < -0.3 is 0 Å². The van der Waals surface area contributed by atoms with E-state index in [9.17, 15) is 8.42 Å². The van der Waals surface area contributed by atoms with Crippen molar-refractivity contribution >= 4 is 38.1 Å². The van der Waals surface area contributed by atoms with Gasteiger partial charge in [-0.15, -0.1) is 0 Å². The minimum Gasteiger partial charge on any atom is -0.280 e. The van der Waals surface area contributed by atoms with E-state index in [1.807, 2.05) is 30.3 Å². The van der Waals surface area contributed by atoms with Crippen molar-refractivity contribution in [2.75, 3.05) is 4.72 Å². The summed E-state index contributed by atoms with van der Waals surface area (Å²) in [6, 6.07) is 23.0. The monoisotopic (exact) mass is 394 g/mol. The average Bonchev–Trinajstić information content (AvgIpc) is 2.69. The highest BCUT2D eigenvalue weighted by Gasteiger charge is 2.16. The van der Waals surface area contributed by atoms with Crippen LogP contribution >= 0.6 is 11.6 Å². The molecule has 27 heavy (non-hydrogen) atoms. The summed E-state index contributed by atoms with van der Waals surface area (Å²) >= 11 is 6.40. The molecule has 0 aliphatic carbocycles. The van der Waals surface area contributed by atoms with Gasteiger partial charge in [0.1, 0.15) is 0 Å². The SMILES string of the molecule is O=S(=O)(Nc1ccc(Cl)c(-c2nccc3ccccc23)c1)c1ccccc1. The van der Waals surface area contributed by atoms with Gasteiger partial charge in [-0.1, -0.05) is 54.1 Å². The summed E-state index contributed by atoms with van der Waals surface area (Å²) in [5.41, 5.74) is 1.80. The van der Waals surface area contributed by atoms with Crippen molar-refractivity contribution in [1.82, 2.24) is 4.98 Å². The molecule has 0 spiro atoms. The van der Waals surface area contributed by atoms with E-state index in [1.54, 1.807) is 54.7 Å². The second-order valence-corrected chi connectivity index (χ2v) is 8.08. The van der Waals surface area contributed by atoms with Crippen molar-refractivity contribution in [2.24, 2.45) is 0 Å². The van der Waals surface area contributed by atoms with Crippen LogP contribution in [-0.2, 0) is 10.0 Å². The fraction of sp³-hybridized carbons (Fsp3) is 0. The van der Waals surface area contributed by atoms with E-state index in [1.165, 1.54) is 0 Å². The van der Waals surface area contributed by atoms with E-state index in [0.717, 1.165) is 10.8 Å². The predicted octanol–water partition coefficient (Wildman–Crippen LogP) is 5.36. The maximum Gasteiger partial charge on any atom is 0.261 e. The summed E-state index contributed by atoms with van der Waals surface area (Å²) < 4.78 is 27.8. The van der Waals surface area contributed by atoms with Gasteiger partial charge in [0.2, 0.25) is 0 Å². The lowest BCUT2D eigenvalue weighted by atomic mass is 10.0. The summed E-state index contributed by atoms with van der Waals surface area (Å²) in [6.07, 6.45) is 1.72. The molecule has 0 amide bonds. The lowest BCUT2D eigenvalue weighted by Crippen LogP contribution is -2.12. The van der Waals surface area contributed by atoms with Gasteiger partial charge in [0.15, 0.2) is 0 Å². The van der Waals surface area contributed by atoms with Crippen LogP contribution in [0.2, 0.25) is 5.02 Å². The molecular weight excluding hydrogens is 380 g/mol. The minimum atomic E-state index is -3.68. The Morgan fingerprint density at radius 1 is 0.852 bits per heavy atom. The molecule has 1 aromatic heterocycles. The van der Waals surface area contributed by atoms with Gasteiger partial charge in [-0.2, -0.15) is 0 Å². The zero-order chi connectivity index (χ0) is 18.9. The molecule has 4 rings (SSSR count). The minimum absolute atomic E-state index is 0.199. The van der Waals surface area contributed by atoms with E-state index in [4.69, 9.17) is 11.6 Å². The number of rotatable bonds is 4. The van der Waals surface area contributed by atoms with Crippen LogP contribution in [0.25, 0.3) is 22.0 Å². The van der Waals surface area contributed by atoms with Crippen LogP contribution in [0.4, 0.5) is 5.69 Å². The maximum atomic E-state index is 12.6. The van der Waals surface area contributed by atoms with Crippen LogP contribution in [0.15, 0.2) is 90.0 Å². The lowest BCUT2D eigenvalue weighted by Gasteiger charge is -2.12. The van der Waals surface area contributed by atoms with E-state index in [-0.39, 0.29) is 4.90 Å². The number of hydrogen-bond donors (Lipinski definition) is 1. The fourth-order valence-corrected chi connectivity index (χ4v) is 4.20. The van der Waals surface area contributed by atoms with Crippen LogP contribution in [0.5, 0.6) is 0 Å². The topological polar surface area (TPSA) is 59.1 Å². The number of nitrogens with one attached hydrogen (secondary N) is 1. The van der Waals surface area contributed by atoms with E-state index >= 15 is 0 Å². The van der Waals surface area contributed by atoms with Crippen LogP contribution in [0, 0.1) is 0 Å². The van der Waals surface area contributed by atoms with Crippen LogP contribution < -0.4 is 4.72 Å². The number of anilines is 1. The summed E-state index contributed by atoms with van der Waals surface area (Å²) in [5, 5.41) is 2.49. The Balaban J connectivity index is 1.79. The third-order valence-electron chi connectivity index (χ3n) is 4.20. The van der Waals surface area contributed by atoms with E-state index < -0.39 is 10.0 Å². The van der Waals surface area contributed by atoms with Crippen molar-refractivity contribution in [2.45, 2.75) is 4.90 Å². The number of aromatic nitrogens is 1. The third kappa shape index (κ3) is 3.52. The van der Waals surface area contributed by atoms with Crippen LogP contribution in [0.3, 0.4) is 0 Å². The van der Waals surface area contributed by atoms with Gasteiger partial charge in [-0.25, -0.2) is 8.42 Å². The standard InChI is InChI=1S/C21H15ClN2O2S/c22-20-11-10-16(24-27(25,26)17-7-2-1-3-8-17)14-19(20)21-18-9-5-4-6-15(18)12-13-23-21/h1-14,24H. The van der Waals surface area contributed by atoms with Gasteiger partial charge in [0.05, 0.1) is 15.6 Å². The van der Waals surface area contributed by atoms with Gasteiger partial charge in [0, 0.05) is 22.8 Å². The van der Waals surface area contributed by atoms with Gasteiger partial charge in [-0.3, -0.25) is 9.71 Å². The van der Waals surface area contributed by atoms with Crippen molar-refractivity contribution in [1.29, 1.82) is 0 Å². The Morgan fingerprint density at radius 2 is 1.59 bits per heavy atom. The molecule has 0 saturated carbocycles. The molecule has 4 nitrogen and oxygen atoms in total. The molecule has 6 heteroatoms.